The van der Waals surface area contributed by atoms with Crippen LogP contribution in [0.2, 0.25) is 5.02 Å². The van der Waals surface area contributed by atoms with Crippen molar-refractivity contribution in [1.29, 1.82) is 0 Å². The third-order valence-corrected chi connectivity index (χ3v) is 10.7. The van der Waals surface area contributed by atoms with Gasteiger partial charge in [-0.1, -0.05) is 47.6 Å². The maximum Gasteiger partial charge on any atom is 0.181 e. The summed E-state index contributed by atoms with van der Waals surface area (Å²) in [5, 5.41) is 11.5. The van der Waals surface area contributed by atoms with Gasteiger partial charge in [0, 0.05) is 39.1 Å². The first-order valence-corrected chi connectivity index (χ1v) is 18.0. The zero-order valence-corrected chi connectivity index (χ0v) is 32.2. The predicted octanol–water partition coefficient (Wildman–Crippen LogP) is 9.32. The molecule has 8 rings (SSSR count). The minimum Gasteiger partial charge on any atom is -0.507 e. The topological polar surface area (TPSA) is 86.7 Å². The number of phenolic OH excluding ortho intramolecular Hbond substituents is 1. The molecule has 1 N–H and O–H groups in total. The molecule has 0 radical (unpaired) electrons. The van der Waals surface area contributed by atoms with Crippen molar-refractivity contribution in [2.45, 2.75) is 47.7 Å². The molecule has 0 spiro atoms. The van der Waals surface area contributed by atoms with E-state index in [4.69, 9.17) is 35.3 Å². The molecule has 4 aliphatic heterocycles. The summed E-state index contributed by atoms with van der Waals surface area (Å²) in [4.78, 5) is 18.4. The van der Waals surface area contributed by atoms with Crippen LogP contribution in [-0.2, 0) is 0 Å². The molecule has 0 aromatic heterocycles. The number of benzene rings is 4. The minimum atomic E-state index is -0.630. The van der Waals surface area contributed by atoms with Gasteiger partial charge < -0.3 is 33.7 Å². The Bertz CT molecular complexity index is 2090. The lowest BCUT2D eigenvalue weighted by molar-refractivity contribution is 0.0547. The van der Waals surface area contributed by atoms with Crippen molar-refractivity contribution in [3.8, 4) is 34.5 Å². The van der Waals surface area contributed by atoms with Gasteiger partial charge in [0.05, 0.1) is 25.7 Å². The van der Waals surface area contributed by atoms with E-state index in [9.17, 15) is 9.90 Å². The molecule has 272 valence electrons. The molecule has 2 atom stereocenters. The molecule has 0 saturated heterocycles. The van der Waals surface area contributed by atoms with E-state index in [0.717, 1.165) is 18.0 Å². The highest BCUT2D eigenvalue weighted by molar-refractivity contribution is 7.99. The number of rotatable bonds is 5. The Kier molecular flexibility index (Phi) is 10.8. The number of hydrogen-bond acceptors (Lipinski definition) is 9. The maximum atomic E-state index is 13.6. The van der Waals surface area contributed by atoms with Crippen LogP contribution >= 0.6 is 35.8 Å². The Hall–Kier alpha value is -4.28. The van der Waals surface area contributed by atoms with Crippen LogP contribution < -0.4 is 23.7 Å². The average Bonchev–Trinajstić information content (AvgIpc) is 3.10. The number of aromatic hydroxyl groups is 1. The van der Waals surface area contributed by atoms with E-state index in [-0.39, 0.29) is 36.1 Å². The molecule has 0 saturated carbocycles. The number of nitrogens with zero attached hydrogens (tertiary/aromatic N) is 1. The smallest absolute Gasteiger partial charge is 0.181 e. The van der Waals surface area contributed by atoms with Gasteiger partial charge >= 0.3 is 0 Å². The summed E-state index contributed by atoms with van der Waals surface area (Å²) in [6.07, 6.45) is 6.61. The van der Waals surface area contributed by atoms with Crippen molar-refractivity contribution < 1.29 is 33.6 Å². The Morgan fingerprint density at radius 3 is 2.48 bits per heavy atom. The molecule has 0 amide bonds. The molecule has 52 heavy (non-hydrogen) atoms. The lowest BCUT2D eigenvalue weighted by Crippen LogP contribution is -2.43. The molecular weight excluding hydrogens is 721 g/mol. The Morgan fingerprint density at radius 2 is 1.73 bits per heavy atom. The van der Waals surface area contributed by atoms with Crippen LogP contribution in [0.5, 0.6) is 34.5 Å². The first-order chi connectivity index (χ1) is 24.5. The first-order valence-electron chi connectivity index (χ1n) is 16.8. The van der Waals surface area contributed by atoms with E-state index in [1.54, 1.807) is 19.2 Å². The first kappa shape index (κ1) is 37.5. The minimum absolute atomic E-state index is 0. The molecule has 11 heteroatoms. The number of Topliss-reactive ketones (excluding diaryl/α,β-unsaturated/α-hetero) is 1. The second-order valence-electron chi connectivity index (χ2n) is 13.6. The highest BCUT2D eigenvalue weighted by atomic mass is 35.5. The van der Waals surface area contributed by atoms with E-state index < -0.39 is 17.6 Å². The number of ether oxygens (including phenoxy) is 5. The van der Waals surface area contributed by atoms with Crippen molar-refractivity contribution in [2.24, 2.45) is 0 Å². The van der Waals surface area contributed by atoms with Gasteiger partial charge in [0.15, 0.2) is 17.3 Å². The van der Waals surface area contributed by atoms with Crippen molar-refractivity contribution >= 4 is 53.2 Å². The fourth-order valence-corrected chi connectivity index (χ4v) is 8.06. The van der Waals surface area contributed by atoms with Gasteiger partial charge in [0.2, 0.25) is 0 Å². The number of ketones is 1. The SMILES string of the molecule is CN(C)CCC=C1c2ccccc2Sc2ccc(Cl)cc21.COc1cc2c(cc1OC)C1C(=O)c3c(O)cc4c(c3OC1CO2)C=CC(C)(C)O4.Cl. The van der Waals surface area contributed by atoms with Crippen molar-refractivity contribution in [3.05, 3.63) is 106 Å². The molecule has 0 fully saturated rings. The van der Waals surface area contributed by atoms with Gasteiger partial charge in [0.25, 0.3) is 0 Å². The summed E-state index contributed by atoms with van der Waals surface area (Å²) >= 11 is 8.03. The molecule has 0 bridgehead atoms. The molecule has 4 heterocycles. The van der Waals surface area contributed by atoms with Crippen LogP contribution in [0.25, 0.3) is 11.6 Å². The van der Waals surface area contributed by atoms with Crippen LogP contribution in [0.1, 0.15) is 58.8 Å². The molecule has 2 unspecified atom stereocenters. The third-order valence-electron chi connectivity index (χ3n) is 9.26. The fourth-order valence-electron chi connectivity index (χ4n) is 6.80. The van der Waals surface area contributed by atoms with Crippen LogP contribution in [0, 0.1) is 0 Å². The Morgan fingerprint density at radius 1 is 1.00 bits per heavy atom. The normalized spacial score (nSPS) is 19.0. The average molecular weight is 763 g/mol. The van der Waals surface area contributed by atoms with E-state index in [1.165, 1.54) is 39.7 Å². The largest absolute Gasteiger partial charge is 0.507 e. The maximum absolute atomic E-state index is 13.6. The standard InChI is InChI=1S/C23H22O7.C18H18ClNS.ClH/c1-23(2)6-5-11-15(30-23)8-13(24)20-21(25)19-12-7-16(26-3)17(27-4)9-14(12)28-10-18(19)29-22(11)20;1-20(2)11-5-7-14-15-6-3-4-8-17(15)21-18-10-9-13(19)12-16(14)18;/h5-9,18-19,24H,10H2,1-4H3;3-4,6-10,12H,5,11H2,1-2H3;1H. The van der Waals surface area contributed by atoms with E-state index in [1.807, 2.05) is 43.8 Å². The molecule has 4 aromatic carbocycles. The van der Waals surface area contributed by atoms with Crippen molar-refractivity contribution in [2.75, 3.05) is 41.5 Å². The summed E-state index contributed by atoms with van der Waals surface area (Å²) in [6, 6.07) is 19.7. The van der Waals surface area contributed by atoms with Gasteiger partial charge in [0.1, 0.15) is 46.9 Å². The second-order valence-corrected chi connectivity index (χ2v) is 15.1. The van der Waals surface area contributed by atoms with E-state index in [2.05, 4.69) is 61.5 Å². The molecule has 8 nitrogen and oxygen atoms in total. The molecular formula is C41H41Cl2NO7S. The zero-order valence-electron chi connectivity index (χ0n) is 29.8. The Labute approximate surface area is 319 Å². The number of halogens is 2. The summed E-state index contributed by atoms with van der Waals surface area (Å²) in [5.74, 6) is 1.34. The lowest BCUT2D eigenvalue weighted by atomic mass is 9.80. The zero-order chi connectivity index (χ0) is 36.0. The van der Waals surface area contributed by atoms with Gasteiger partial charge in [-0.2, -0.15) is 0 Å². The van der Waals surface area contributed by atoms with E-state index in [0.29, 0.717) is 39.9 Å². The number of methoxy groups -OCH3 is 2. The van der Waals surface area contributed by atoms with E-state index >= 15 is 0 Å². The number of fused-ring (bicyclic) bond motifs is 8. The number of carbonyl (C=O) groups excluding carboxylic acids is 1. The molecule has 4 aromatic rings. The monoisotopic (exact) mass is 761 g/mol. The second kappa shape index (κ2) is 15.0. The van der Waals surface area contributed by atoms with Gasteiger partial charge in [-0.25, -0.2) is 0 Å². The predicted molar refractivity (Wildman–Crippen MR) is 208 cm³/mol. The van der Waals surface area contributed by atoms with Crippen LogP contribution in [0.3, 0.4) is 0 Å². The van der Waals surface area contributed by atoms with Crippen LogP contribution in [0.15, 0.2) is 82.6 Å². The number of hydrogen-bond donors (Lipinski definition) is 1. The summed E-state index contributed by atoms with van der Waals surface area (Å²) in [6.45, 7) is 5.07. The van der Waals surface area contributed by atoms with Gasteiger partial charge in [-0.05, 0) is 93.5 Å². The molecule has 4 aliphatic rings. The van der Waals surface area contributed by atoms with Gasteiger partial charge in [-0.3, -0.25) is 4.79 Å². The summed E-state index contributed by atoms with van der Waals surface area (Å²) < 4.78 is 28.8. The lowest BCUT2D eigenvalue weighted by Gasteiger charge is -2.39. The highest BCUT2D eigenvalue weighted by Gasteiger charge is 2.46. The summed E-state index contributed by atoms with van der Waals surface area (Å²) in [5.41, 5.74) is 4.81. The van der Waals surface area contributed by atoms with Crippen molar-refractivity contribution in [1.82, 2.24) is 4.90 Å². The van der Waals surface area contributed by atoms with Crippen LogP contribution in [0.4, 0.5) is 0 Å². The fraction of sp³-hybridized carbons (Fsp3) is 0.293. The third kappa shape index (κ3) is 7.07. The quantitative estimate of drug-likeness (QED) is 0.188. The summed E-state index contributed by atoms with van der Waals surface area (Å²) in [7, 11) is 7.28. The molecule has 0 aliphatic carbocycles. The van der Waals surface area contributed by atoms with Crippen LogP contribution in [-0.4, -0.2) is 69.0 Å². The van der Waals surface area contributed by atoms with Gasteiger partial charge in [-0.15, -0.1) is 12.4 Å². The number of phenols is 1. The van der Waals surface area contributed by atoms with Crippen molar-refractivity contribution in [3.63, 3.8) is 0 Å². The number of carbonyl (C=O) groups is 1. The highest BCUT2D eigenvalue weighted by Crippen LogP contribution is 2.52. The Balaban J connectivity index is 0.000000186.